The number of para-hydroxylation sites is 1. The molecule has 34 heavy (non-hydrogen) atoms. The zero-order chi connectivity index (χ0) is 24.7. The van der Waals surface area contributed by atoms with E-state index in [-0.39, 0.29) is 0 Å². The molecule has 184 valence electrons. The molecule has 4 rings (SSSR count). The van der Waals surface area contributed by atoms with Crippen molar-refractivity contribution in [3.63, 3.8) is 0 Å². The zero-order valence-electron chi connectivity index (χ0n) is 22.0. The predicted molar refractivity (Wildman–Crippen MR) is 149 cm³/mol. The second-order valence-corrected chi connectivity index (χ2v) is 10.6. The van der Waals surface area contributed by atoms with E-state index in [1.165, 1.54) is 59.3 Å². The normalized spacial score (nSPS) is 14.0. The summed E-state index contributed by atoms with van der Waals surface area (Å²) in [7, 11) is 6.01. The van der Waals surface area contributed by atoms with Gasteiger partial charge in [-0.2, -0.15) is 4.98 Å². The summed E-state index contributed by atoms with van der Waals surface area (Å²) in [5, 5.41) is 4.56. The van der Waals surface area contributed by atoms with Crippen molar-refractivity contribution in [2.45, 2.75) is 64.7 Å². The van der Waals surface area contributed by atoms with E-state index in [0.29, 0.717) is 0 Å². The lowest BCUT2D eigenvalue weighted by Crippen LogP contribution is -2.19. The van der Waals surface area contributed by atoms with Crippen molar-refractivity contribution in [3.8, 4) is 0 Å². The summed E-state index contributed by atoms with van der Waals surface area (Å²) in [6, 6.07) is 10.4. The lowest BCUT2D eigenvalue weighted by Gasteiger charge is -2.22. The monoisotopic (exact) mass is 479 g/mol. The van der Waals surface area contributed by atoms with Crippen molar-refractivity contribution in [1.82, 2.24) is 14.7 Å². The van der Waals surface area contributed by atoms with Gasteiger partial charge in [0.1, 0.15) is 5.82 Å². The Morgan fingerprint density at radius 1 is 0.941 bits per heavy atom. The van der Waals surface area contributed by atoms with Crippen LogP contribution in [-0.2, 0) is 0 Å². The molecule has 0 amide bonds. The second-order valence-electron chi connectivity index (χ2n) is 9.56. The van der Waals surface area contributed by atoms with Gasteiger partial charge in [-0.1, -0.05) is 37.5 Å². The van der Waals surface area contributed by atoms with Crippen LogP contribution in [-0.4, -0.2) is 37.7 Å². The molecule has 2 aromatic carbocycles. The molecule has 0 unspecified atom stereocenters. The molecule has 0 aliphatic heterocycles. The number of benzene rings is 2. The molecule has 1 aromatic heterocycles. The average Bonchev–Trinajstić information content (AvgIpc) is 2.84. The van der Waals surface area contributed by atoms with Crippen LogP contribution in [0, 0.1) is 33.6 Å². The summed E-state index contributed by atoms with van der Waals surface area (Å²) in [6.45, 7) is 9.69. The molecule has 1 aliphatic rings. The van der Waals surface area contributed by atoms with Crippen LogP contribution in [0.15, 0.2) is 35.2 Å². The number of anilines is 2. The summed E-state index contributed by atoms with van der Waals surface area (Å²) in [6.07, 6.45) is 6.80. The van der Waals surface area contributed by atoms with Crippen molar-refractivity contribution in [2.24, 2.45) is 5.92 Å². The number of aromatic nitrogens is 2. The quantitative estimate of drug-likeness (QED) is 0.378. The zero-order valence-corrected chi connectivity index (χ0v) is 22.8. The maximum atomic E-state index is 4.69. The maximum absolute atomic E-state index is 4.69. The number of hydrogen-bond acceptors (Lipinski definition) is 6. The average molecular weight is 480 g/mol. The Hall–Kier alpha value is -2.31. The maximum Gasteiger partial charge on any atom is 0.225 e. The van der Waals surface area contributed by atoms with Gasteiger partial charge in [0.05, 0.1) is 5.52 Å². The van der Waals surface area contributed by atoms with Gasteiger partial charge in [0.2, 0.25) is 5.95 Å². The van der Waals surface area contributed by atoms with Gasteiger partial charge in [-0.05, 0) is 99.8 Å². The summed E-state index contributed by atoms with van der Waals surface area (Å²) in [4.78, 5) is 12.8. The highest BCUT2D eigenvalue weighted by atomic mass is 32.2. The van der Waals surface area contributed by atoms with Crippen molar-refractivity contribution >= 4 is 34.6 Å². The van der Waals surface area contributed by atoms with Gasteiger partial charge in [-0.3, -0.25) is 4.72 Å². The molecule has 1 heterocycles. The van der Waals surface area contributed by atoms with Crippen LogP contribution in [0.4, 0.5) is 11.8 Å². The first kappa shape index (κ1) is 26.3. The van der Waals surface area contributed by atoms with Crippen LogP contribution in [0.5, 0.6) is 0 Å². The minimum absolute atomic E-state index is 0.753. The van der Waals surface area contributed by atoms with E-state index in [4.69, 9.17) is 0 Å². The highest BCUT2D eigenvalue weighted by Crippen LogP contribution is 2.29. The minimum Gasteiger partial charge on any atom is -0.362 e. The van der Waals surface area contributed by atoms with E-state index in [1.807, 2.05) is 33.3 Å². The molecule has 0 spiro atoms. The van der Waals surface area contributed by atoms with Gasteiger partial charge >= 0.3 is 0 Å². The van der Waals surface area contributed by atoms with E-state index in [2.05, 4.69) is 70.8 Å². The van der Waals surface area contributed by atoms with E-state index >= 15 is 0 Å². The minimum atomic E-state index is 0.753. The van der Waals surface area contributed by atoms with E-state index in [0.717, 1.165) is 35.1 Å². The molecule has 2 N–H and O–H groups in total. The third-order valence-corrected chi connectivity index (χ3v) is 7.80. The molecular weight excluding hydrogens is 438 g/mol. The number of rotatable bonds is 6. The third-order valence-electron chi connectivity index (χ3n) is 6.78. The topological polar surface area (TPSA) is 53.1 Å². The molecule has 0 radical (unpaired) electrons. The van der Waals surface area contributed by atoms with Crippen molar-refractivity contribution in [1.29, 1.82) is 0 Å². The summed E-state index contributed by atoms with van der Waals surface area (Å²) in [5.74, 6) is 2.51. The Balaban J connectivity index is 0.000000215. The van der Waals surface area contributed by atoms with Gasteiger partial charge in [-0.15, -0.1) is 0 Å². The van der Waals surface area contributed by atoms with Crippen molar-refractivity contribution in [3.05, 3.63) is 52.6 Å². The van der Waals surface area contributed by atoms with Gasteiger partial charge in [-0.25, -0.2) is 4.98 Å². The fourth-order valence-electron chi connectivity index (χ4n) is 4.54. The third kappa shape index (κ3) is 6.63. The highest BCUT2D eigenvalue weighted by molar-refractivity contribution is 7.97. The number of hydrogen-bond donors (Lipinski definition) is 2. The molecule has 6 heteroatoms. The molecule has 1 fully saturated rings. The summed E-state index contributed by atoms with van der Waals surface area (Å²) >= 11 is 1.71. The first-order valence-corrected chi connectivity index (χ1v) is 13.2. The second kappa shape index (κ2) is 12.4. The number of nitrogens with zero attached hydrogens (tertiary/aromatic N) is 3. The predicted octanol–water partition coefficient (Wildman–Crippen LogP) is 6.83. The molecule has 0 atom stereocenters. The number of nitrogens with one attached hydrogen (secondary N) is 2. The van der Waals surface area contributed by atoms with E-state index in [9.17, 15) is 0 Å². The first-order valence-electron chi connectivity index (χ1n) is 12.4. The molecule has 3 aromatic rings. The summed E-state index contributed by atoms with van der Waals surface area (Å²) in [5.41, 5.74) is 6.54. The van der Waals surface area contributed by atoms with E-state index in [1.54, 1.807) is 11.9 Å². The lowest BCUT2D eigenvalue weighted by molar-refractivity contribution is 0.373. The van der Waals surface area contributed by atoms with Crippen LogP contribution in [0.2, 0.25) is 0 Å². The smallest absolute Gasteiger partial charge is 0.225 e. The van der Waals surface area contributed by atoms with Crippen molar-refractivity contribution < 1.29 is 0 Å². The fourth-order valence-corrected chi connectivity index (χ4v) is 5.37. The van der Waals surface area contributed by atoms with Crippen LogP contribution < -0.4 is 14.9 Å². The fraction of sp³-hybridized carbons (Fsp3) is 0.500. The van der Waals surface area contributed by atoms with Crippen molar-refractivity contribution in [2.75, 3.05) is 37.9 Å². The molecule has 1 saturated carbocycles. The van der Waals surface area contributed by atoms with Gasteiger partial charge < -0.3 is 10.2 Å². The molecule has 1 aliphatic carbocycles. The first-order chi connectivity index (χ1) is 16.3. The Bertz CT molecular complexity index is 1060. The van der Waals surface area contributed by atoms with Gasteiger partial charge in [0.15, 0.2) is 0 Å². The number of fused-ring (bicyclic) bond motifs is 1. The Morgan fingerprint density at radius 2 is 1.59 bits per heavy atom. The molecule has 0 saturated heterocycles. The number of aryl methyl sites for hydroxylation is 2. The van der Waals surface area contributed by atoms with Gasteiger partial charge in [0, 0.05) is 30.9 Å². The largest absolute Gasteiger partial charge is 0.362 e. The SMILES string of the molecule is CN(C)c1nc(NCC2CCCCC2)nc2ccccc12.CNSc1c(C)c(C)cc(C)c1C. The molecule has 5 nitrogen and oxygen atoms in total. The van der Waals surface area contributed by atoms with Gasteiger partial charge in [0.25, 0.3) is 0 Å². The van der Waals surface area contributed by atoms with E-state index < -0.39 is 0 Å². The summed E-state index contributed by atoms with van der Waals surface area (Å²) < 4.78 is 3.14. The highest BCUT2D eigenvalue weighted by Gasteiger charge is 2.15. The van der Waals surface area contributed by atoms with Crippen LogP contribution in [0.3, 0.4) is 0 Å². The molecule has 0 bridgehead atoms. The Kier molecular flexibility index (Phi) is 9.60. The van der Waals surface area contributed by atoms with Crippen LogP contribution in [0.1, 0.15) is 54.4 Å². The standard InChI is InChI=1S/C17H24N4.C11H17NS/c1-21(2)16-14-10-6-7-11-15(14)19-17(20-16)18-12-13-8-4-3-5-9-13;1-7-6-8(2)10(4)11(9(7)3)13-12-5/h6-7,10-11,13H,3-5,8-9,12H2,1-2H3,(H,18,19,20);6,12H,1-5H3. The Morgan fingerprint density at radius 3 is 2.21 bits per heavy atom. The Labute approximate surface area is 210 Å². The van der Waals surface area contributed by atoms with Crippen LogP contribution >= 0.6 is 11.9 Å². The molecular formula is C28H41N5S. The van der Waals surface area contributed by atoms with Crippen LogP contribution in [0.25, 0.3) is 10.9 Å². The lowest BCUT2D eigenvalue weighted by atomic mass is 9.89.